The fourth-order valence-corrected chi connectivity index (χ4v) is 3.65. The van der Waals surface area contributed by atoms with Gasteiger partial charge in [-0.1, -0.05) is 25.7 Å². The molecule has 1 atom stereocenters. The van der Waals surface area contributed by atoms with Crippen molar-refractivity contribution in [2.75, 3.05) is 7.05 Å². The number of hydrogen-bond donors (Lipinski definition) is 1. The molecule has 0 radical (unpaired) electrons. The molecule has 1 fully saturated rings. The van der Waals surface area contributed by atoms with Gasteiger partial charge in [0, 0.05) is 23.5 Å². The van der Waals surface area contributed by atoms with E-state index < -0.39 is 0 Å². The maximum atomic E-state index is 4.56. The molecular formula is C14H24N2S. The van der Waals surface area contributed by atoms with Crippen molar-refractivity contribution < 1.29 is 0 Å². The smallest absolute Gasteiger partial charge is 0.0943 e. The van der Waals surface area contributed by atoms with E-state index in [2.05, 4.69) is 29.7 Å². The minimum absolute atomic E-state index is 0.612. The minimum Gasteiger partial charge on any atom is -0.317 e. The van der Waals surface area contributed by atoms with Gasteiger partial charge in [-0.2, -0.15) is 0 Å². The summed E-state index contributed by atoms with van der Waals surface area (Å²) < 4.78 is 0. The van der Waals surface area contributed by atoms with Crippen molar-refractivity contribution in [3.8, 4) is 0 Å². The predicted molar refractivity (Wildman–Crippen MR) is 74.6 cm³/mol. The van der Waals surface area contributed by atoms with E-state index in [0.29, 0.717) is 6.04 Å². The monoisotopic (exact) mass is 252 g/mol. The van der Waals surface area contributed by atoms with E-state index in [1.807, 2.05) is 0 Å². The Labute approximate surface area is 109 Å². The summed E-state index contributed by atoms with van der Waals surface area (Å²) in [6.45, 7) is 2.08. The number of nitrogens with one attached hydrogen (secondary N) is 1. The van der Waals surface area contributed by atoms with Crippen LogP contribution in [0.3, 0.4) is 0 Å². The highest BCUT2D eigenvalue weighted by Crippen LogP contribution is 2.29. The van der Waals surface area contributed by atoms with E-state index >= 15 is 0 Å². The number of nitrogens with zero attached hydrogens (tertiary/aromatic N) is 1. The Hall–Kier alpha value is -0.410. The molecule has 1 unspecified atom stereocenters. The molecule has 3 heteroatoms. The Morgan fingerprint density at radius 1 is 1.47 bits per heavy atom. The van der Waals surface area contributed by atoms with E-state index in [4.69, 9.17) is 0 Å². The van der Waals surface area contributed by atoms with E-state index in [-0.39, 0.29) is 0 Å². The van der Waals surface area contributed by atoms with Gasteiger partial charge in [-0.25, -0.2) is 4.98 Å². The lowest BCUT2D eigenvalue weighted by molar-refractivity contribution is 0.418. The lowest BCUT2D eigenvalue weighted by Crippen LogP contribution is -2.28. The van der Waals surface area contributed by atoms with Crippen LogP contribution in [0.2, 0.25) is 0 Å². The third kappa shape index (κ3) is 4.07. The van der Waals surface area contributed by atoms with Gasteiger partial charge < -0.3 is 5.32 Å². The Balaban J connectivity index is 1.75. The zero-order valence-corrected chi connectivity index (χ0v) is 11.9. The van der Waals surface area contributed by atoms with Gasteiger partial charge in [-0.05, 0) is 32.7 Å². The molecule has 1 aliphatic rings. The molecule has 0 amide bonds. The van der Waals surface area contributed by atoms with Gasteiger partial charge in [-0.3, -0.25) is 0 Å². The molecule has 0 spiro atoms. The fourth-order valence-electron chi connectivity index (χ4n) is 2.79. The zero-order chi connectivity index (χ0) is 12.1. The van der Waals surface area contributed by atoms with Crippen molar-refractivity contribution in [2.24, 2.45) is 5.92 Å². The number of likely N-dealkylation sites (N-methyl/N-ethyl adjacent to an activating group) is 1. The van der Waals surface area contributed by atoms with Crippen LogP contribution in [0, 0.1) is 12.8 Å². The highest BCUT2D eigenvalue weighted by Gasteiger charge is 2.17. The molecule has 0 aliphatic heterocycles. The van der Waals surface area contributed by atoms with Crippen LogP contribution in [0.4, 0.5) is 0 Å². The highest BCUT2D eigenvalue weighted by atomic mass is 32.1. The van der Waals surface area contributed by atoms with E-state index in [0.717, 1.165) is 18.0 Å². The Morgan fingerprint density at radius 3 is 2.82 bits per heavy atom. The van der Waals surface area contributed by atoms with Crippen LogP contribution in [0.5, 0.6) is 0 Å². The Kier molecular flexibility index (Phi) is 4.99. The molecule has 17 heavy (non-hydrogen) atoms. The van der Waals surface area contributed by atoms with Gasteiger partial charge in [0.1, 0.15) is 0 Å². The van der Waals surface area contributed by atoms with Gasteiger partial charge in [-0.15, -0.1) is 11.3 Å². The summed E-state index contributed by atoms with van der Waals surface area (Å²) in [5, 5.41) is 6.89. The highest BCUT2D eigenvalue weighted by molar-refractivity contribution is 7.09. The summed E-state index contributed by atoms with van der Waals surface area (Å²) in [6, 6.07) is 0.612. The van der Waals surface area contributed by atoms with Crippen LogP contribution in [-0.4, -0.2) is 18.1 Å². The second kappa shape index (κ2) is 6.50. The maximum absolute atomic E-state index is 4.56. The first-order chi connectivity index (χ1) is 8.28. The summed E-state index contributed by atoms with van der Waals surface area (Å²) >= 11 is 1.80. The lowest BCUT2D eigenvalue weighted by Gasteiger charge is -2.17. The second-order valence-corrected chi connectivity index (χ2v) is 6.24. The van der Waals surface area contributed by atoms with Crippen LogP contribution in [-0.2, 0) is 6.42 Å². The molecule has 96 valence electrons. The van der Waals surface area contributed by atoms with Gasteiger partial charge in [0.2, 0.25) is 0 Å². The predicted octanol–water partition coefficient (Wildman–Crippen LogP) is 3.55. The normalized spacial score (nSPS) is 18.7. The first kappa shape index (κ1) is 13.0. The molecule has 0 saturated heterocycles. The molecule has 0 bridgehead atoms. The number of aromatic nitrogens is 1. The molecule has 1 aliphatic carbocycles. The fraction of sp³-hybridized carbons (Fsp3) is 0.786. The molecule has 1 N–H and O–H groups in total. The van der Waals surface area contributed by atoms with E-state index in [9.17, 15) is 0 Å². The molecule has 2 nitrogen and oxygen atoms in total. The van der Waals surface area contributed by atoms with Crippen LogP contribution in [0.25, 0.3) is 0 Å². The van der Waals surface area contributed by atoms with E-state index in [1.54, 1.807) is 11.3 Å². The Bertz CT molecular complexity index is 329. The van der Waals surface area contributed by atoms with Crippen molar-refractivity contribution in [3.05, 3.63) is 16.1 Å². The minimum atomic E-state index is 0.612. The summed E-state index contributed by atoms with van der Waals surface area (Å²) in [7, 11) is 2.08. The van der Waals surface area contributed by atoms with Gasteiger partial charge in [0.25, 0.3) is 0 Å². The molecule has 2 rings (SSSR count). The van der Waals surface area contributed by atoms with Gasteiger partial charge in [0.15, 0.2) is 0 Å². The van der Waals surface area contributed by atoms with Crippen LogP contribution in [0.15, 0.2) is 5.38 Å². The summed E-state index contributed by atoms with van der Waals surface area (Å²) in [6.07, 6.45) is 9.65. The molecule has 1 heterocycles. The van der Waals surface area contributed by atoms with Crippen molar-refractivity contribution in [3.63, 3.8) is 0 Å². The quantitative estimate of drug-likeness (QED) is 0.837. The number of thiazole rings is 1. The van der Waals surface area contributed by atoms with Crippen molar-refractivity contribution in [1.29, 1.82) is 0 Å². The SMILES string of the molecule is CNC(CCC1CCCC1)Cc1nc(C)cs1. The van der Waals surface area contributed by atoms with Crippen LogP contribution >= 0.6 is 11.3 Å². The first-order valence-corrected chi connectivity index (χ1v) is 7.74. The molecule has 1 saturated carbocycles. The van der Waals surface area contributed by atoms with Crippen LogP contribution < -0.4 is 5.32 Å². The third-order valence-electron chi connectivity index (χ3n) is 3.89. The summed E-state index contributed by atoms with van der Waals surface area (Å²) in [5.74, 6) is 1.00. The number of hydrogen-bond acceptors (Lipinski definition) is 3. The number of aryl methyl sites for hydroxylation is 1. The standard InChI is InChI=1S/C14H24N2S/c1-11-10-17-14(16-11)9-13(15-2)8-7-12-5-3-4-6-12/h10,12-13,15H,3-9H2,1-2H3. The topological polar surface area (TPSA) is 24.9 Å². The Morgan fingerprint density at radius 2 is 2.24 bits per heavy atom. The lowest BCUT2D eigenvalue weighted by atomic mass is 9.97. The molecule has 0 aromatic carbocycles. The average Bonchev–Trinajstić information content (AvgIpc) is 2.96. The van der Waals surface area contributed by atoms with Gasteiger partial charge >= 0.3 is 0 Å². The summed E-state index contributed by atoms with van der Waals surface area (Å²) in [5.41, 5.74) is 1.16. The molecule has 1 aromatic heterocycles. The van der Waals surface area contributed by atoms with Crippen LogP contribution in [0.1, 0.15) is 49.2 Å². The average molecular weight is 252 g/mol. The second-order valence-electron chi connectivity index (χ2n) is 5.30. The van der Waals surface area contributed by atoms with Crippen molar-refractivity contribution in [1.82, 2.24) is 10.3 Å². The third-order valence-corrected chi connectivity index (χ3v) is 4.88. The number of rotatable bonds is 6. The van der Waals surface area contributed by atoms with Crippen molar-refractivity contribution >= 4 is 11.3 Å². The molecule has 1 aromatic rings. The van der Waals surface area contributed by atoms with Gasteiger partial charge in [0.05, 0.1) is 5.01 Å². The molecular weight excluding hydrogens is 228 g/mol. The first-order valence-electron chi connectivity index (χ1n) is 6.86. The largest absolute Gasteiger partial charge is 0.317 e. The zero-order valence-electron chi connectivity index (χ0n) is 11.0. The van der Waals surface area contributed by atoms with E-state index in [1.165, 1.54) is 43.5 Å². The van der Waals surface area contributed by atoms with Crippen molar-refractivity contribution in [2.45, 2.75) is 57.9 Å². The maximum Gasteiger partial charge on any atom is 0.0943 e. The summed E-state index contributed by atoms with van der Waals surface area (Å²) in [4.78, 5) is 4.56.